The maximum Gasteiger partial charge on any atom is 0.328 e. The van der Waals surface area contributed by atoms with Gasteiger partial charge in [-0.25, -0.2) is 4.79 Å². The van der Waals surface area contributed by atoms with Gasteiger partial charge in [-0.15, -0.1) is 0 Å². The van der Waals surface area contributed by atoms with Crippen LogP contribution in [0.1, 0.15) is 51.9 Å². The minimum absolute atomic E-state index is 0.113. The number of aliphatic hydroxyl groups excluding tert-OH is 1. The van der Waals surface area contributed by atoms with E-state index in [9.17, 15) is 39.0 Å². The Bertz CT molecular complexity index is 810. The first-order chi connectivity index (χ1) is 17.8. The highest BCUT2D eigenvalue weighted by Crippen LogP contribution is 2.06. The van der Waals surface area contributed by atoms with Crippen LogP contribution in [-0.2, 0) is 28.8 Å². The number of nitrogens with one attached hydrogen (secondary N) is 4. The van der Waals surface area contributed by atoms with Gasteiger partial charge in [-0.3, -0.25) is 24.0 Å². The summed E-state index contributed by atoms with van der Waals surface area (Å²) in [4.78, 5) is 72.1. The van der Waals surface area contributed by atoms with Gasteiger partial charge in [-0.1, -0.05) is 0 Å². The number of rotatable bonds is 20. The number of unbranched alkanes of at least 4 members (excludes halogenated alkanes) is 2. The van der Waals surface area contributed by atoms with Crippen LogP contribution in [0.2, 0.25) is 0 Å². The van der Waals surface area contributed by atoms with E-state index >= 15 is 0 Å². The molecule has 0 aromatic heterocycles. The number of nitrogens with two attached hydrogens (primary N) is 3. The maximum atomic E-state index is 13.0. The molecule has 0 aromatic carbocycles. The molecule has 0 fully saturated rings. The van der Waals surface area contributed by atoms with Crippen molar-refractivity contribution in [2.75, 3.05) is 19.6 Å². The fourth-order valence-electron chi connectivity index (χ4n) is 3.26. The number of aliphatic hydroxyl groups is 1. The summed E-state index contributed by atoms with van der Waals surface area (Å²) in [5.41, 5.74) is 16.4. The second-order valence-corrected chi connectivity index (χ2v) is 8.74. The highest BCUT2D eigenvalue weighted by atomic mass is 16.4. The molecular formula is C22H41N7O9. The molecule has 0 spiro atoms. The van der Waals surface area contributed by atoms with E-state index in [1.54, 1.807) is 0 Å². The first-order valence-corrected chi connectivity index (χ1v) is 12.3. The molecule has 0 saturated carbocycles. The van der Waals surface area contributed by atoms with Crippen molar-refractivity contribution in [3.63, 3.8) is 0 Å². The molecule has 0 aliphatic carbocycles. The summed E-state index contributed by atoms with van der Waals surface area (Å²) in [6, 6.07) is -5.28. The molecule has 5 atom stereocenters. The van der Waals surface area contributed by atoms with Crippen LogP contribution < -0.4 is 38.5 Å². The first-order valence-electron chi connectivity index (χ1n) is 12.3. The molecule has 218 valence electrons. The molecule has 0 aromatic rings. The Hall–Kier alpha value is -3.34. The number of hydrogen-bond donors (Lipinski definition) is 10. The maximum absolute atomic E-state index is 13.0. The van der Waals surface area contributed by atoms with E-state index in [0.717, 1.165) is 0 Å². The Morgan fingerprint density at radius 1 is 0.763 bits per heavy atom. The largest absolute Gasteiger partial charge is 0.481 e. The minimum atomic E-state index is -1.60. The lowest BCUT2D eigenvalue weighted by atomic mass is 10.0. The fraction of sp³-hybridized carbons (Fsp3) is 0.727. The molecular weight excluding hydrogens is 506 g/mol. The molecule has 0 radical (unpaired) electrons. The summed E-state index contributed by atoms with van der Waals surface area (Å²) >= 11 is 0. The molecule has 0 rings (SSSR count). The second-order valence-electron chi connectivity index (χ2n) is 8.74. The molecule has 0 aliphatic heterocycles. The van der Waals surface area contributed by atoms with Crippen molar-refractivity contribution in [3.8, 4) is 0 Å². The summed E-state index contributed by atoms with van der Waals surface area (Å²) in [7, 11) is 0. The second kappa shape index (κ2) is 18.8. The number of carboxylic acids is 2. The lowest BCUT2D eigenvalue weighted by Crippen LogP contribution is -2.58. The van der Waals surface area contributed by atoms with E-state index in [1.165, 1.54) is 6.92 Å². The number of aliphatic carboxylic acids is 2. The van der Waals surface area contributed by atoms with Crippen molar-refractivity contribution >= 4 is 35.6 Å². The van der Waals surface area contributed by atoms with E-state index in [4.69, 9.17) is 22.3 Å². The van der Waals surface area contributed by atoms with E-state index in [-0.39, 0.29) is 12.8 Å². The fourth-order valence-corrected chi connectivity index (χ4v) is 3.26. The standard InChI is InChI=1S/C22H41N7O9/c1-12(30)18(22(37)38)29-21(36)15(7-3-5-9-24)28-20(35)14(6-2-4-8-23)27-16(31)11-26-19(34)13(25)10-17(32)33/h12-15,18,30H,2-11,23-25H2,1H3,(H,26,34)(H,27,31)(H,28,35)(H,29,36)(H,32,33)(H,37,38)/t12-,13+,14+,15+,18+/m1/s1. The van der Waals surface area contributed by atoms with Crippen LogP contribution in [0.5, 0.6) is 0 Å². The van der Waals surface area contributed by atoms with Gasteiger partial charge < -0.3 is 53.8 Å². The SMILES string of the molecule is C[C@@H](O)[C@H](NC(=O)[C@H](CCCCN)NC(=O)[C@H](CCCCN)NC(=O)CNC(=O)[C@@H](N)CC(=O)O)C(=O)O. The Morgan fingerprint density at radius 2 is 1.26 bits per heavy atom. The van der Waals surface area contributed by atoms with Crippen molar-refractivity contribution in [2.45, 2.75) is 82.1 Å². The molecule has 0 unspecified atom stereocenters. The van der Waals surface area contributed by atoms with Crippen LogP contribution in [-0.4, -0.2) is 101 Å². The molecule has 0 heterocycles. The highest BCUT2D eigenvalue weighted by molar-refractivity contribution is 5.94. The lowest BCUT2D eigenvalue weighted by molar-refractivity contribution is -0.145. The topological polar surface area (TPSA) is 289 Å². The van der Waals surface area contributed by atoms with Crippen molar-refractivity contribution in [2.24, 2.45) is 17.2 Å². The van der Waals surface area contributed by atoms with E-state index in [0.29, 0.717) is 38.8 Å². The van der Waals surface area contributed by atoms with Gasteiger partial charge in [0.25, 0.3) is 0 Å². The monoisotopic (exact) mass is 547 g/mol. The van der Waals surface area contributed by atoms with Gasteiger partial charge in [0.1, 0.15) is 12.1 Å². The number of carbonyl (C=O) groups is 6. The number of carboxylic acid groups (broad SMARTS) is 2. The molecule has 0 bridgehead atoms. The molecule has 4 amide bonds. The third kappa shape index (κ3) is 14.4. The van der Waals surface area contributed by atoms with Gasteiger partial charge in [0.2, 0.25) is 23.6 Å². The average molecular weight is 548 g/mol. The van der Waals surface area contributed by atoms with E-state index in [2.05, 4.69) is 21.3 Å². The molecule has 16 nitrogen and oxygen atoms in total. The third-order valence-corrected chi connectivity index (χ3v) is 5.38. The normalized spacial score (nSPS) is 14.8. The predicted octanol–water partition coefficient (Wildman–Crippen LogP) is -3.92. The lowest BCUT2D eigenvalue weighted by Gasteiger charge is -2.25. The van der Waals surface area contributed by atoms with Crippen LogP contribution in [0.25, 0.3) is 0 Å². The summed E-state index contributed by atoms with van der Waals surface area (Å²) < 4.78 is 0. The molecule has 16 heteroatoms. The summed E-state index contributed by atoms with van der Waals surface area (Å²) in [5.74, 6) is -5.96. The van der Waals surface area contributed by atoms with Crippen LogP contribution in [0.4, 0.5) is 0 Å². The molecule has 13 N–H and O–H groups in total. The Balaban J connectivity index is 5.43. The van der Waals surface area contributed by atoms with Crippen molar-refractivity contribution in [3.05, 3.63) is 0 Å². The van der Waals surface area contributed by atoms with Crippen molar-refractivity contribution in [1.82, 2.24) is 21.3 Å². The van der Waals surface area contributed by atoms with E-state index in [1.807, 2.05) is 0 Å². The molecule has 38 heavy (non-hydrogen) atoms. The van der Waals surface area contributed by atoms with Gasteiger partial charge in [0, 0.05) is 0 Å². The number of amides is 4. The van der Waals surface area contributed by atoms with Crippen molar-refractivity contribution < 1.29 is 44.1 Å². The van der Waals surface area contributed by atoms with Gasteiger partial charge in [-0.05, 0) is 58.5 Å². The van der Waals surface area contributed by atoms with Crippen molar-refractivity contribution in [1.29, 1.82) is 0 Å². The summed E-state index contributed by atoms with van der Waals surface area (Å²) in [6.07, 6.45) is 0.147. The zero-order valence-corrected chi connectivity index (χ0v) is 21.5. The Kier molecular flexibility index (Phi) is 17.2. The minimum Gasteiger partial charge on any atom is -0.481 e. The highest BCUT2D eigenvalue weighted by Gasteiger charge is 2.31. The van der Waals surface area contributed by atoms with Gasteiger partial charge in [0.05, 0.1) is 25.1 Å². The van der Waals surface area contributed by atoms with Gasteiger partial charge >= 0.3 is 11.9 Å². The van der Waals surface area contributed by atoms with Crippen LogP contribution in [0.15, 0.2) is 0 Å². The zero-order valence-electron chi connectivity index (χ0n) is 21.5. The smallest absolute Gasteiger partial charge is 0.328 e. The predicted molar refractivity (Wildman–Crippen MR) is 134 cm³/mol. The Labute approximate surface area is 220 Å². The van der Waals surface area contributed by atoms with Crippen LogP contribution in [0.3, 0.4) is 0 Å². The summed E-state index contributed by atoms with van der Waals surface area (Å²) in [6.45, 7) is 1.27. The Morgan fingerprint density at radius 3 is 1.71 bits per heavy atom. The van der Waals surface area contributed by atoms with Crippen LogP contribution in [0, 0.1) is 0 Å². The quantitative estimate of drug-likeness (QED) is 0.0654. The number of hydrogen-bond acceptors (Lipinski definition) is 10. The van der Waals surface area contributed by atoms with Gasteiger partial charge in [-0.2, -0.15) is 0 Å². The molecule has 0 saturated heterocycles. The zero-order chi connectivity index (χ0) is 29.3. The third-order valence-electron chi connectivity index (χ3n) is 5.38. The first kappa shape index (κ1) is 34.7. The molecule has 0 aliphatic rings. The van der Waals surface area contributed by atoms with Gasteiger partial charge in [0.15, 0.2) is 6.04 Å². The average Bonchev–Trinajstić information content (AvgIpc) is 2.83. The van der Waals surface area contributed by atoms with E-state index < -0.39 is 78.8 Å². The summed E-state index contributed by atoms with van der Waals surface area (Å²) in [5, 5.41) is 37.0. The number of carbonyl (C=O) groups excluding carboxylic acids is 4. The van der Waals surface area contributed by atoms with Crippen LogP contribution >= 0.6 is 0 Å².